The summed E-state index contributed by atoms with van der Waals surface area (Å²) >= 11 is 0. The molecule has 1 heterocycles. The van der Waals surface area contributed by atoms with Crippen LogP contribution in [0.25, 0.3) is 11.4 Å². The second-order valence-electron chi connectivity index (χ2n) is 3.16. The van der Waals surface area contributed by atoms with Gasteiger partial charge in [0, 0.05) is 17.8 Å². The molecule has 0 fully saturated rings. The van der Waals surface area contributed by atoms with E-state index >= 15 is 0 Å². The van der Waals surface area contributed by atoms with Crippen LogP contribution in [-0.4, -0.2) is 9.97 Å². The molecule has 2 rings (SSSR count). The molecular formula is C11H8F2N2. The highest BCUT2D eigenvalue weighted by molar-refractivity contribution is 5.59. The standard InChI is InChI=1S/C11H8F2N2/c1-7-2-3-8(12)6-9(7)11-14-5-4-10(13)15-11/h2-6H,1H3. The molecule has 1 aromatic heterocycles. The first-order chi connectivity index (χ1) is 7.16. The summed E-state index contributed by atoms with van der Waals surface area (Å²) in [6.45, 7) is 1.79. The molecule has 0 aliphatic carbocycles. The minimum Gasteiger partial charge on any atom is -0.236 e. The summed E-state index contributed by atoms with van der Waals surface area (Å²) in [6.07, 6.45) is 1.31. The lowest BCUT2D eigenvalue weighted by Crippen LogP contribution is -1.94. The highest BCUT2D eigenvalue weighted by Crippen LogP contribution is 2.20. The summed E-state index contributed by atoms with van der Waals surface area (Å²) in [5.74, 6) is -0.806. The second kappa shape index (κ2) is 3.73. The molecule has 2 aromatic rings. The number of aromatic nitrogens is 2. The molecular weight excluding hydrogens is 198 g/mol. The molecule has 0 saturated heterocycles. The predicted octanol–water partition coefficient (Wildman–Crippen LogP) is 2.73. The van der Waals surface area contributed by atoms with E-state index in [9.17, 15) is 8.78 Å². The van der Waals surface area contributed by atoms with E-state index in [0.717, 1.165) is 11.6 Å². The minimum absolute atomic E-state index is 0.201. The van der Waals surface area contributed by atoms with E-state index in [0.29, 0.717) is 5.56 Å². The van der Waals surface area contributed by atoms with Gasteiger partial charge < -0.3 is 0 Å². The maximum atomic E-state index is 13.0. The van der Waals surface area contributed by atoms with Crippen LogP contribution in [0.2, 0.25) is 0 Å². The first-order valence-corrected chi connectivity index (χ1v) is 4.42. The van der Waals surface area contributed by atoms with Gasteiger partial charge in [-0.3, -0.25) is 0 Å². The maximum absolute atomic E-state index is 13.0. The van der Waals surface area contributed by atoms with Gasteiger partial charge in [-0.1, -0.05) is 6.07 Å². The molecule has 0 spiro atoms. The molecule has 0 amide bonds. The number of hydrogen-bond acceptors (Lipinski definition) is 2. The third-order valence-electron chi connectivity index (χ3n) is 2.06. The van der Waals surface area contributed by atoms with E-state index in [4.69, 9.17) is 0 Å². The summed E-state index contributed by atoms with van der Waals surface area (Å²) in [6, 6.07) is 5.40. The molecule has 0 saturated carbocycles. The smallest absolute Gasteiger partial charge is 0.216 e. The molecule has 4 heteroatoms. The van der Waals surface area contributed by atoms with Gasteiger partial charge in [0.1, 0.15) is 5.82 Å². The first-order valence-electron chi connectivity index (χ1n) is 4.42. The van der Waals surface area contributed by atoms with E-state index in [2.05, 4.69) is 9.97 Å². The van der Waals surface area contributed by atoms with Crippen molar-refractivity contribution in [2.45, 2.75) is 6.92 Å². The number of nitrogens with zero attached hydrogens (tertiary/aromatic N) is 2. The largest absolute Gasteiger partial charge is 0.236 e. The van der Waals surface area contributed by atoms with E-state index in [-0.39, 0.29) is 11.6 Å². The SMILES string of the molecule is Cc1ccc(F)cc1-c1nccc(F)n1. The monoisotopic (exact) mass is 206 g/mol. The van der Waals surface area contributed by atoms with E-state index in [1.165, 1.54) is 18.3 Å². The quantitative estimate of drug-likeness (QED) is 0.670. The van der Waals surface area contributed by atoms with Crippen molar-refractivity contribution in [1.29, 1.82) is 0 Å². The Morgan fingerprint density at radius 1 is 1.13 bits per heavy atom. The normalized spacial score (nSPS) is 10.3. The van der Waals surface area contributed by atoms with Gasteiger partial charge in [-0.25, -0.2) is 9.37 Å². The zero-order chi connectivity index (χ0) is 10.8. The molecule has 0 aliphatic heterocycles. The van der Waals surface area contributed by atoms with Gasteiger partial charge in [0.15, 0.2) is 5.82 Å². The zero-order valence-electron chi connectivity index (χ0n) is 8.04. The lowest BCUT2D eigenvalue weighted by molar-refractivity contribution is 0.581. The maximum Gasteiger partial charge on any atom is 0.216 e. The van der Waals surface area contributed by atoms with Crippen molar-refractivity contribution >= 4 is 0 Å². The number of halogens is 2. The third-order valence-corrected chi connectivity index (χ3v) is 2.06. The van der Waals surface area contributed by atoms with Crippen molar-refractivity contribution in [2.24, 2.45) is 0 Å². The Labute approximate surface area is 85.6 Å². The van der Waals surface area contributed by atoms with Gasteiger partial charge in [0.25, 0.3) is 0 Å². The van der Waals surface area contributed by atoms with Crippen molar-refractivity contribution in [3.05, 3.63) is 47.8 Å². The third kappa shape index (κ3) is 1.98. The Morgan fingerprint density at radius 3 is 2.67 bits per heavy atom. The number of aryl methyl sites for hydroxylation is 1. The van der Waals surface area contributed by atoms with Crippen LogP contribution >= 0.6 is 0 Å². The molecule has 0 bridgehead atoms. The van der Waals surface area contributed by atoms with Gasteiger partial charge in [-0.05, 0) is 24.6 Å². The summed E-state index contributed by atoms with van der Waals surface area (Å²) in [5, 5.41) is 0. The van der Waals surface area contributed by atoms with Crippen LogP contribution in [0.5, 0.6) is 0 Å². The number of hydrogen-bond donors (Lipinski definition) is 0. The van der Waals surface area contributed by atoms with Crippen LogP contribution in [0.1, 0.15) is 5.56 Å². The topological polar surface area (TPSA) is 25.8 Å². The molecule has 0 radical (unpaired) electrons. The van der Waals surface area contributed by atoms with Crippen LogP contribution in [0.15, 0.2) is 30.5 Å². The van der Waals surface area contributed by atoms with Crippen molar-refractivity contribution in [3.63, 3.8) is 0 Å². The number of rotatable bonds is 1. The molecule has 2 nitrogen and oxygen atoms in total. The molecule has 0 atom stereocenters. The Hall–Kier alpha value is -1.84. The number of benzene rings is 1. The second-order valence-corrected chi connectivity index (χ2v) is 3.16. The fourth-order valence-corrected chi connectivity index (χ4v) is 1.30. The highest BCUT2D eigenvalue weighted by Gasteiger charge is 2.06. The Kier molecular flexibility index (Phi) is 2.41. The predicted molar refractivity (Wildman–Crippen MR) is 52.1 cm³/mol. The van der Waals surface area contributed by atoms with Crippen LogP contribution < -0.4 is 0 Å². The average Bonchev–Trinajstić information content (AvgIpc) is 2.22. The molecule has 0 aliphatic rings. The van der Waals surface area contributed by atoms with Gasteiger partial charge in [-0.2, -0.15) is 9.37 Å². The fourth-order valence-electron chi connectivity index (χ4n) is 1.30. The van der Waals surface area contributed by atoms with Crippen molar-refractivity contribution in [3.8, 4) is 11.4 Å². The summed E-state index contributed by atoms with van der Waals surface area (Å²) in [5.41, 5.74) is 1.32. The van der Waals surface area contributed by atoms with Gasteiger partial charge >= 0.3 is 0 Å². The summed E-state index contributed by atoms with van der Waals surface area (Å²) < 4.78 is 25.8. The summed E-state index contributed by atoms with van der Waals surface area (Å²) in [7, 11) is 0. The van der Waals surface area contributed by atoms with Gasteiger partial charge in [0.05, 0.1) is 0 Å². The fraction of sp³-hybridized carbons (Fsp3) is 0.0909. The Balaban J connectivity index is 2.58. The van der Waals surface area contributed by atoms with E-state index in [1.807, 2.05) is 0 Å². The van der Waals surface area contributed by atoms with Gasteiger partial charge in [-0.15, -0.1) is 0 Å². The average molecular weight is 206 g/mol. The molecule has 15 heavy (non-hydrogen) atoms. The Bertz CT molecular complexity index is 498. The lowest BCUT2D eigenvalue weighted by Gasteiger charge is -2.03. The van der Waals surface area contributed by atoms with Crippen LogP contribution in [0.3, 0.4) is 0 Å². The van der Waals surface area contributed by atoms with Crippen LogP contribution in [-0.2, 0) is 0 Å². The highest BCUT2D eigenvalue weighted by atomic mass is 19.1. The molecule has 76 valence electrons. The Morgan fingerprint density at radius 2 is 1.93 bits per heavy atom. The van der Waals surface area contributed by atoms with Crippen LogP contribution in [0, 0.1) is 18.7 Å². The molecule has 0 unspecified atom stereocenters. The van der Waals surface area contributed by atoms with E-state index < -0.39 is 5.95 Å². The van der Waals surface area contributed by atoms with Crippen molar-refractivity contribution < 1.29 is 8.78 Å². The first kappa shape index (κ1) is 9.71. The van der Waals surface area contributed by atoms with Gasteiger partial charge in [0.2, 0.25) is 5.95 Å². The molecule has 0 N–H and O–H groups in total. The van der Waals surface area contributed by atoms with Crippen LogP contribution in [0.4, 0.5) is 8.78 Å². The van der Waals surface area contributed by atoms with E-state index in [1.54, 1.807) is 13.0 Å². The zero-order valence-corrected chi connectivity index (χ0v) is 8.04. The minimum atomic E-state index is -0.622. The lowest BCUT2D eigenvalue weighted by atomic mass is 10.1. The van der Waals surface area contributed by atoms with Crippen molar-refractivity contribution in [1.82, 2.24) is 9.97 Å². The molecule has 1 aromatic carbocycles. The van der Waals surface area contributed by atoms with Crippen molar-refractivity contribution in [2.75, 3.05) is 0 Å². The summed E-state index contributed by atoms with van der Waals surface area (Å²) in [4.78, 5) is 7.49.